The number of halogens is 1. The van der Waals surface area contributed by atoms with Crippen molar-refractivity contribution in [2.45, 2.75) is 37.6 Å². The Bertz CT molecular complexity index is 556. The summed E-state index contributed by atoms with van der Waals surface area (Å²) in [5.41, 5.74) is 7.95. The fraction of sp³-hybridized carbons (Fsp3) is 0.400. The van der Waals surface area contributed by atoms with E-state index in [-0.39, 0.29) is 0 Å². The molecule has 0 amide bonds. The molecule has 3 nitrogen and oxygen atoms in total. The van der Waals surface area contributed by atoms with E-state index in [9.17, 15) is 0 Å². The third-order valence-electron chi connectivity index (χ3n) is 3.92. The van der Waals surface area contributed by atoms with E-state index in [0.29, 0.717) is 12.0 Å². The summed E-state index contributed by atoms with van der Waals surface area (Å²) >= 11 is 6.21. The fourth-order valence-corrected chi connectivity index (χ4v) is 2.99. The van der Waals surface area contributed by atoms with Crippen molar-refractivity contribution >= 4 is 11.6 Å². The van der Waals surface area contributed by atoms with E-state index in [4.69, 9.17) is 17.3 Å². The standard InChI is InChI=1S/C15H18ClN3/c16-13-4-2-1-3-12(13)14-9-18-15(19-14)10-5-7-11(17)8-6-10/h1-4,9-11H,5-8,17H2,(H,18,19). The molecule has 1 saturated carbocycles. The predicted octanol–water partition coefficient (Wildman–Crippen LogP) is 3.72. The first-order valence-corrected chi connectivity index (χ1v) is 7.17. The molecule has 0 aliphatic heterocycles. The van der Waals surface area contributed by atoms with Gasteiger partial charge in [-0.1, -0.05) is 29.8 Å². The summed E-state index contributed by atoms with van der Waals surface area (Å²) in [4.78, 5) is 7.95. The van der Waals surface area contributed by atoms with Gasteiger partial charge in [0.1, 0.15) is 5.82 Å². The van der Waals surface area contributed by atoms with Crippen LogP contribution in [0.2, 0.25) is 5.02 Å². The molecule has 1 aliphatic carbocycles. The molecule has 0 saturated heterocycles. The first kappa shape index (κ1) is 12.7. The lowest BCUT2D eigenvalue weighted by molar-refractivity contribution is 0.386. The summed E-state index contributed by atoms with van der Waals surface area (Å²) in [6.45, 7) is 0. The molecule has 1 aromatic heterocycles. The van der Waals surface area contributed by atoms with Crippen LogP contribution in [-0.2, 0) is 0 Å². The van der Waals surface area contributed by atoms with Crippen molar-refractivity contribution in [1.29, 1.82) is 0 Å². The molecule has 0 spiro atoms. The average Bonchev–Trinajstić information content (AvgIpc) is 2.89. The number of aromatic amines is 1. The third kappa shape index (κ3) is 2.67. The van der Waals surface area contributed by atoms with Crippen molar-refractivity contribution < 1.29 is 0 Å². The van der Waals surface area contributed by atoms with Crippen LogP contribution in [0.25, 0.3) is 11.3 Å². The van der Waals surface area contributed by atoms with E-state index in [1.807, 2.05) is 30.5 Å². The molecule has 4 heteroatoms. The van der Waals surface area contributed by atoms with Crippen LogP contribution >= 0.6 is 11.6 Å². The van der Waals surface area contributed by atoms with Crippen molar-refractivity contribution in [2.24, 2.45) is 5.73 Å². The summed E-state index contributed by atoms with van der Waals surface area (Å²) < 4.78 is 0. The maximum absolute atomic E-state index is 6.21. The Hall–Kier alpha value is -1.32. The third-order valence-corrected chi connectivity index (χ3v) is 4.25. The highest BCUT2D eigenvalue weighted by Gasteiger charge is 2.22. The van der Waals surface area contributed by atoms with Crippen LogP contribution < -0.4 is 5.73 Å². The summed E-state index contributed by atoms with van der Waals surface area (Å²) in [7, 11) is 0. The van der Waals surface area contributed by atoms with Gasteiger partial charge in [0, 0.05) is 22.5 Å². The number of aromatic nitrogens is 2. The predicted molar refractivity (Wildman–Crippen MR) is 78.2 cm³/mol. The molecule has 1 aliphatic rings. The van der Waals surface area contributed by atoms with Crippen LogP contribution in [0.15, 0.2) is 30.5 Å². The van der Waals surface area contributed by atoms with Crippen molar-refractivity contribution in [2.75, 3.05) is 0 Å². The Morgan fingerprint density at radius 1 is 1.16 bits per heavy atom. The second-order valence-corrected chi connectivity index (χ2v) is 5.68. The van der Waals surface area contributed by atoms with Gasteiger partial charge in [-0.2, -0.15) is 0 Å². The Balaban J connectivity index is 1.82. The fourth-order valence-electron chi connectivity index (χ4n) is 2.75. The van der Waals surface area contributed by atoms with E-state index in [2.05, 4.69) is 9.97 Å². The molecule has 1 aromatic carbocycles. The molecule has 2 aromatic rings. The number of nitrogens with one attached hydrogen (secondary N) is 1. The first-order chi connectivity index (χ1) is 9.24. The normalized spacial score (nSPS) is 23.5. The summed E-state index contributed by atoms with van der Waals surface area (Å²) in [5, 5.41) is 0.753. The smallest absolute Gasteiger partial charge is 0.109 e. The van der Waals surface area contributed by atoms with Crippen molar-refractivity contribution in [1.82, 2.24) is 9.97 Å². The highest BCUT2D eigenvalue weighted by atomic mass is 35.5. The second kappa shape index (κ2) is 5.35. The van der Waals surface area contributed by atoms with E-state index in [1.165, 1.54) is 0 Å². The van der Waals surface area contributed by atoms with Gasteiger partial charge in [0.2, 0.25) is 0 Å². The SMILES string of the molecule is NC1CCC(c2ncc(-c3ccccc3Cl)[nH]2)CC1. The Kier molecular flexibility index (Phi) is 3.58. The minimum Gasteiger partial charge on any atom is -0.342 e. The van der Waals surface area contributed by atoms with Gasteiger partial charge in [-0.15, -0.1) is 0 Å². The van der Waals surface area contributed by atoms with Gasteiger partial charge in [-0.05, 0) is 31.7 Å². The molecule has 1 fully saturated rings. The van der Waals surface area contributed by atoms with Crippen LogP contribution in [-0.4, -0.2) is 16.0 Å². The number of imidazole rings is 1. The van der Waals surface area contributed by atoms with Crippen LogP contribution in [0, 0.1) is 0 Å². The minimum atomic E-state index is 0.370. The molecule has 19 heavy (non-hydrogen) atoms. The van der Waals surface area contributed by atoms with Gasteiger partial charge in [0.25, 0.3) is 0 Å². The Morgan fingerprint density at radius 2 is 1.89 bits per heavy atom. The Labute approximate surface area is 118 Å². The zero-order valence-electron chi connectivity index (χ0n) is 10.8. The summed E-state index contributed by atoms with van der Waals surface area (Å²) in [5.74, 6) is 1.58. The lowest BCUT2D eigenvalue weighted by atomic mass is 9.86. The monoisotopic (exact) mass is 275 g/mol. The lowest BCUT2D eigenvalue weighted by Crippen LogP contribution is -2.26. The summed E-state index contributed by atoms with van der Waals surface area (Å²) in [6, 6.07) is 8.20. The van der Waals surface area contributed by atoms with Crippen molar-refractivity contribution in [3.8, 4) is 11.3 Å². The van der Waals surface area contributed by atoms with Gasteiger partial charge < -0.3 is 10.7 Å². The molecule has 1 heterocycles. The molecule has 3 rings (SSSR count). The van der Waals surface area contributed by atoms with Crippen LogP contribution in [0.4, 0.5) is 0 Å². The number of hydrogen-bond donors (Lipinski definition) is 2. The topological polar surface area (TPSA) is 54.7 Å². The number of nitrogens with zero attached hydrogens (tertiary/aromatic N) is 1. The quantitative estimate of drug-likeness (QED) is 0.878. The van der Waals surface area contributed by atoms with Crippen molar-refractivity contribution in [3.05, 3.63) is 41.3 Å². The Morgan fingerprint density at radius 3 is 2.63 bits per heavy atom. The van der Waals surface area contributed by atoms with Crippen LogP contribution in [0.5, 0.6) is 0 Å². The van der Waals surface area contributed by atoms with Crippen molar-refractivity contribution in [3.63, 3.8) is 0 Å². The number of H-pyrrole nitrogens is 1. The largest absolute Gasteiger partial charge is 0.342 e. The number of nitrogens with two attached hydrogens (primary N) is 1. The van der Waals surface area contributed by atoms with Gasteiger partial charge >= 0.3 is 0 Å². The zero-order valence-corrected chi connectivity index (χ0v) is 11.5. The lowest BCUT2D eigenvalue weighted by Gasteiger charge is -2.24. The maximum atomic E-state index is 6.21. The molecule has 0 radical (unpaired) electrons. The van der Waals surface area contributed by atoms with Crippen LogP contribution in [0.1, 0.15) is 37.4 Å². The van der Waals surface area contributed by atoms with Gasteiger partial charge in [-0.3, -0.25) is 0 Å². The first-order valence-electron chi connectivity index (χ1n) is 6.79. The number of hydrogen-bond acceptors (Lipinski definition) is 2. The van der Waals surface area contributed by atoms with E-state index in [0.717, 1.165) is 47.8 Å². The zero-order chi connectivity index (χ0) is 13.2. The molecule has 100 valence electrons. The van der Waals surface area contributed by atoms with E-state index >= 15 is 0 Å². The average molecular weight is 276 g/mol. The molecule has 3 N–H and O–H groups in total. The van der Waals surface area contributed by atoms with E-state index in [1.54, 1.807) is 0 Å². The maximum Gasteiger partial charge on any atom is 0.109 e. The molecular weight excluding hydrogens is 258 g/mol. The summed E-state index contributed by atoms with van der Waals surface area (Å²) in [6.07, 6.45) is 6.30. The van der Waals surface area contributed by atoms with Gasteiger partial charge in [-0.25, -0.2) is 4.98 Å². The molecule has 0 atom stereocenters. The highest BCUT2D eigenvalue weighted by molar-refractivity contribution is 6.33. The van der Waals surface area contributed by atoms with Crippen LogP contribution in [0.3, 0.4) is 0 Å². The molecule has 0 bridgehead atoms. The number of benzene rings is 1. The van der Waals surface area contributed by atoms with Gasteiger partial charge in [0.15, 0.2) is 0 Å². The highest BCUT2D eigenvalue weighted by Crippen LogP contribution is 2.33. The second-order valence-electron chi connectivity index (χ2n) is 5.27. The number of rotatable bonds is 2. The molecular formula is C15H18ClN3. The van der Waals surface area contributed by atoms with E-state index < -0.39 is 0 Å². The molecule has 0 unspecified atom stereocenters. The van der Waals surface area contributed by atoms with Gasteiger partial charge in [0.05, 0.1) is 11.9 Å². The minimum absolute atomic E-state index is 0.370.